The molecule has 1 unspecified atom stereocenters. The summed E-state index contributed by atoms with van der Waals surface area (Å²) < 4.78 is 52.9. The fourth-order valence-electron chi connectivity index (χ4n) is 1.94. The summed E-state index contributed by atoms with van der Waals surface area (Å²) in [7, 11) is -7.06. The lowest BCUT2D eigenvalue weighted by atomic mass is 10.4. The first-order valence-electron chi connectivity index (χ1n) is 6.08. The summed E-state index contributed by atoms with van der Waals surface area (Å²) in [4.78, 5) is 11.4. The van der Waals surface area contributed by atoms with Crippen molar-refractivity contribution in [3.05, 3.63) is 0 Å². The van der Waals surface area contributed by atoms with Gasteiger partial charge in [0, 0.05) is 6.54 Å². The summed E-state index contributed by atoms with van der Waals surface area (Å²) in [6.45, 7) is 3.14. The van der Waals surface area contributed by atoms with E-state index in [1.807, 2.05) is 0 Å². The first-order chi connectivity index (χ1) is 8.73. The van der Waals surface area contributed by atoms with Gasteiger partial charge in [-0.05, 0) is 13.3 Å². The molecule has 1 aliphatic heterocycles. The molecule has 0 aromatic rings. The summed E-state index contributed by atoms with van der Waals surface area (Å²) >= 11 is 0. The number of carbonyl (C=O) groups is 1. The topological polar surface area (TPSA) is 97.8 Å². The van der Waals surface area contributed by atoms with E-state index < -0.39 is 31.1 Å². The van der Waals surface area contributed by atoms with Crippen LogP contribution in [-0.4, -0.2) is 63.6 Å². The highest BCUT2D eigenvalue weighted by molar-refractivity contribution is 7.95. The van der Waals surface area contributed by atoms with Crippen molar-refractivity contribution in [2.24, 2.45) is 0 Å². The van der Waals surface area contributed by atoms with E-state index in [4.69, 9.17) is 4.74 Å². The number of rotatable bonds is 6. The molecule has 1 aliphatic rings. The maximum Gasteiger partial charge on any atom is 0.321 e. The maximum atomic E-state index is 12.2. The molecule has 1 saturated heterocycles. The highest BCUT2D eigenvalue weighted by Crippen LogP contribution is 2.22. The second kappa shape index (κ2) is 6.19. The first kappa shape index (κ1) is 16.4. The Balaban J connectivity index is 2.82. The third-order valence-corrected chi connectivity index (χ3v) is 7.27. The minimum atomic E-state index is -3.78. The van der Waals surface area contributed by atoms with E-state index in [-0.39, 0.29) is 37.6 Å². The minimum absolute atomic E-state index is 0.0873. The van der Waals surface area contributed by atoms with E-state index in [1.165, 1.54) is 0 Å². The Labute approximate surface area is 113 Å². The Kier molecular flexibility index (Phi) is 5.34. The molecule has 1 rings (SSSR count). The monoisotopic (exact) mass is 313 g/mol. The number of hydrogen-bond acceptors (Lipinski definition) is 6. The van der Waals surface area contributed by atoms with Crippen molar-refractivity contribution < 1.29 is 26.4 Å². The van der Waals surface area contributed by atoms with E-state index in [1.54, 1.807) is 13.8 Å². The van der Waals surface area contributed by atoms with Crippen molar-refractivity contribution in [1.82, 2.24) is 4.31 Å². The summed E-state index contributed by atoms with van der Waals surface area (Å²) in [5, 5.41) is -0.952. The molecule has 0 saturated carbocycles. The van der Waals surface area contributed by atoms with Gasteiger partial charge in [0.2, 0.25) is 10.0 Å². The predicted octanol–water partition coefficient (Wildman–Crippen LogP) is -0.612. The van der Waals surface area contributed by atoms with Crippen LogP contribution in [-0.2, 0) is 29.4 Å². The summed E-state index contributed by atoms with van der Waals surface area (Å²) in [5.41, 5.74) is 0. The van der Waals surface area contributed by atoms with Crippen LogP contribution >= 0.6 is 0 Å². The van der Waals surface area contributed by atoms with E-state index in [0.717, 1.165) is 4.31 Å². The van der Waals surface area contributed by atoms with E-state index in [2.05, 4.69) is 0 Å². The van der Waals surface area contributed by atoms with Crippen molar-refractivity contribution in [1.29, 1.82) is 0 Å². The molecule has 9 heteroatoms. The number of sulfonamides is 1. The van der Waals surface area contributed by atoms with Gasteiger partial charge >= 0.3 is 5.97 Å². The minimum Gasteiger partial charge on any atom is -0.465 e. The Hall–Kier alpha value is -0.670. The summed E-state index contributed by atoms with van der Waals surface area (Å²) in [5.74, 6) is -1.11. The van der Waals surface area contributed by atoms with Gasteiger partial charge in [-0.1, -0.05) is 6.92 Å². The SMILES string of the molecule is CCOC(=O)CN(CC)S(=O)(=O)C1CCS(=O)(=O)C1. The van der Waals surface area contributed by atoms with Gasteiger partial charge in [-0.15, -0.1) is 0 Å². The standard InChI is InChI=1S/C10H19NO6S2/c1-3-11(7-10(12)17-4-2)19(15,16)9-5-6-18(13,14)8-9/h9H,3-8H2,1-2H3. The maximum absolute atomic E-state index is 12.2. The molecule has 1 heterocycles. The van der Waals surface area contributed by atoms with Crippen LogP contribution in [0.4, 0.5) is 0 Å². The van der Waals surface area contributed by atoms with Gasteiger partial charge < -0.3 is 4.74 Å². The molecule has 0 spiro atoms. The lowest BCUT2D eigenvalue weighted by Crippen LogP contribution is -2.42. The Morgan fingerprint density at radius 3 is 2.42 bits per heavy atom. The van der Waals surface area contributed by atoms with E-state index in [9.17, 15) is 21.6 Å². The molecule has 0 aliphatic carbocycles. The average molecular weight is 313 g/mol. The molecule has 112 valence electrons. The van der Waals surface area contributed by atoms with E-state index in [0.29, 0.717) is 0 Å². The quantitative estimate of drug-likeness (QED) is 0.607. The van der Waals surface area contributed by atoms with Crippen LogP contribution in [0.25, 0.3) is 0 Å². The number of likely N-dealkylation sites (N-methyl/N-ethyl adjacent to an activating group) is 1. The van der Waals surface area contributed by atoms with Crippen molar-refractivity contribution in [3.8, 4) is 0 Å². The van der Waals surface area contributed by atoms with Gasteiger partial charge in [-0.25, -0.2) is 16.8 Å². The highest BCUT2D eigenvalue weighted by atomic mass is 32.2. The van der Waals surface area contributed by atoms with Gasteiger partial charge in [-0.2, -0.15) is 4.31 Å². The van der Waals surface area contributed by atoms with Gasteiger partial charge in [0.25, 0.3) is 0 Å². The fraction of sp³-hybridized carbons (Fsp3) is 0.900. The van der Waals surface area contributed by atoms with Crippen LogP contribution in [0, 0.1) is 0 Å². The molecule has 0 N–H and O–H groups in total. The lowest BCUT2D eigenvalue weighted by Gasteiger charge is -2.22. The molecular weight excluding hydrogens is 294 g/mol. The Morgan fingerprint density at radius 1 is 1.37 bits per heavy atom. The lowest BCUT2D eigenvalue weighted by molar-refractivity contribution is -0.143. The third kappa shape index (κ3) is 4.15. The molecule has 0 aromatic carbocycles. The molecule has 1 fully saturated rings. The predicted molar refractivity (Wildman–Crippen MR) is 69.9 cm³/mol. The van der Waals surface area contributed by atoms with Gasteiger partial charge in [0.05, 0.1) is 23.4 Å². The largest absolute Gasteiger partial charge is 0.465 e. The second-order valence-electron chi connectivity index (χ2n) is 4.30. The van der Waals surface area contributed by atoms with Crippen molar-refractivity contribution in [2.75, 3.05) is 31.2 Å². The zero-order valence-corrected chi connectivity index (χ0v) is 12.7. The smallest absolute Gasteiger partial charge is 0.321 e. The number of carbonyl (C=O) groups excluding carboxylic acids is 1. The van der Waals surface area contributed by atoms with Crippen LogP contribution < -0.4 is 0 Å². The van der Waals surface area contributed by atoms with Crippen molar-refractivity contribution in [2.45, 2.75) is 25.5 Å². The number of hydrogen-bond donors (Lipinski definition) is 0. The van der Waals surface area contributed by atoms with Crippen LogP contribution in [0.5, 0.6) is 0 Å². The Morgan fingerprint density at radius 2 is 2.00 bits per heavy atom. The van der Waals surface area contributed by atoms with Gasteiger partial charge in [-0.3, -0.25) is 4.79 Å². The molecule has 0 aromatic heterocycles. The molecule has 0 bridgehead atoms. The van der Waals surface area contributed by atoms with Crippen molar-refractivity contribution in [3.63, 3.8) is 0 Å². The summed E-state index contributed by atoms with van der Waals surface area (Å²) in [6.07, 6.45) is 0.0873. The zero-order chi connectivity index (χ0) is 14.7. The molecule has 0 amide bonds. The van der Waals surface area contributed by atoms with Crippen LogP contribution in [0.3, 0.4) is 0 Å². The molecule has 7 nitrogen and oxygen atoms in total. The number of ether oxygens (including phenoxy) is 1. The first-order valence-corrected chi connectivity index (χ1v) is 9.40. The van der Waals surface area contributed by atoms with Crippen LogP contribution in [0.15, 0.2) is 0 Å². The average Bonchev–Trinajstić information content (AvgIpc) is 2.67. The molecular formula is C10H19NO6S2. The highest BCUT2D eigenvalue weighted by Gasteiger charge is 2.40. The Bertz CT molecular complexity index is 524. The second-order valence-corrected chi connectivity index (χ2v) is 8.74. The van der Waals surface area contributed by atoms with Gasteiger partial charge in [0.1, 0.15) is 6.54 Å². The van der Waals surface area contributed by atoms with Crippen LogP contribution in [0.2, 0.25) is 0 Å². The van der Waals surface area contributed by atoms with Crippen molar-refractivity contribution >= 4 is 25.8 Å². The molecule has 1 atom stereocenters. The number of nitrogens with zero attached hydrogens (tertiary/aromatic N) is 1. The fourth-order valence-corrected chi connectivity index (χ4v) is 6.42. The van der Waals surface area contributed by atoms with Gasteiger partial charge in [0.15, 0.2) is 9.84 Å². The normalized spacial score (nSPS) is 22.6. The molecule has 19 heavy (non-hydrogen) atoms. The number of sulfone groups is 1. The van der Waals surface area contributed by atoms with E-state index >= 15 is 0 Å². The third-order valence-electron chi connectivity index (χ3n) is 2.94. The zero-order valence-electron chi connectivity index (χ0n) is 11.0. The summed E-state index contributed by atoms with van der Waals surface area (Å²) in [6, 6.07) is 0. The van der Waals surface area contributed by atoms with Crippen LogP contribution in [0.1, 0.15) is 20.3 Å². The number of esters is 1. The molecule has 0 radical (unpaired) electrons.